The van der Waals surface area contributed by atoms with Gasteiger partial charge >= 0.3 is 11.7 Å². The molecule has 0 spiro atoms. The van der Waals surface area contributed by atoms with Crippen LogP contribution in [0.2, 0.25) is 19.6 Å². The first kappa shape index (κ1) is 14.7. The molecule has 0 aromatic carbocycles. The summed E-state index contributed by atoms with van der Waals surface area (Å²) in [7, 11) is -1.43. The molecule has 18 heavy (non-hydrogen) atoms. The highest BCUT2D eigenvalue weighted by Crippen LogP contribution is 2.09. The van der Waals surface area contributed by atoms with Crippen LogP contribution < -0.4 is 11.2 Å². The molecule has 0 radical (unpaired) electrons. The highest BCUT2D eigenvalue weighted by molar-refractivity contribution is 7.99. The van der Waals surface area contributed by atoms with Crippen LogP contribution in [0.25, 0.3) is 0 Å². The minimum atomic E-state index is -1.43. The molecule has 1 aromatic rings. The van der Waals surface area contributed by atoms with E-state index >= 15 is 0 Å². The van der Waals surface area contributed by atoms with Gasteiger partial charge in [-0.3, -0.25) is 14.6 Å². The minimum absolute atomic E-state index is 0.00734. The van der Waals surface area contributed by atoms with E-state index in [4.69, 9.17) is 4.74 Å². The molecule has 0 aliphatic heterocycles. The lowest BCUT2D eigenvalue weighted by Crippen LogP contribution is -2.30. The van der Waals surface area contributed by atoms with Crippen molar-refractivity contribution >= 4 is 25.8 Å². The lowest BCUT2D eigenvalue weighted by atomic mass is 10.8. The summed E-state index contributed by atoms with van der Waals surface area (Å²) >= 11 is 0.930. The average Bonchev–Trinajstić information content (AvgIpc) is 2.24. The van der Waals surface area contributed by atoms with Gasteiger partial charge < -0.3 is 4.74 Å². The molecule has 100 valence electrons. The zero-order valence-corrected chi connectivity index (χ0v) is 12.2. The second-order valence-electron chi connectivity index (χ2n) is 4.82. The summed E-state index contributed by atoms with van der Waals surface area (Å²) in [5.41, 5.74) is -1.28. The molecule has 0 saturated heterocycles. The molecule has 0 amide bonds. The third-order valence-corrected chi connectivity index (χ3v) is 3.61. The standard InChI is InChI=1S/C9H15N3O4SSi/c1-18(2,3)5-16-6(13)4-17-8-7(14)10-9(15)12-11-8/h4-5H2,1-3H3,(H2,10,12,14,15). The van der Waals surface area contributed by atoms with Crippen LogP contribution >= 0.6 is 11.8 Å². The van der Waals surface area contributed by atoms with E-state index in [1.54, 1.807) is 0 Å². The maximum absolute atomic E-state index is 11.4. The second-order valence-corrected chi connectivity index (χ2v) is 11.2. The van der Waals surface area contributed by atoms with E-state index in [0.717, 1.165) is 11.8 Å². The summed E-state index contributed by atoms with van der Waals surface area (Å²) in [6.07, 6.45) is 0.446. The van der Waals surface area contributed by atoms with Crippen molar-refractivity contribution in [3.05, 3.63) is 20.8 Å². The molecule has 0 bridgehead atoms. The highest BCUT2D eigenvalue weighted by atomic mass is 32.2. The Kier molecular flexibility index (Phi) is 4.90. The minimum Gasteiger partial charge on any atom is -0.469 e. The summed E-state index contributed by atoms with van der Waals surface area (Å²) in [4.78, 5) is 35.4. The lowest BCUT2D eigenvalue weighted by Gasteiger charge is -2.15. The van der Waals surface area contributed by atoms with Gasteiger partial charge in [-0.25, -0.2) is 9.89 Å². The van der Waals surface area contributed by atoms with Crippen molar-refractivity contribution in [3.63, 3.8) is 0 Å². The van der Waals surface area contributed by atoms with E-state index in [1.165, 1.54) is 0 Å². The number of esters is 1. The summed E-state index contributed by atoms with van der Waals surface area (Å²) in [6, 6.07) is 0. The Morgan fingerprint density at radius 1 is 1.39 bits per heavy atom. The average molecular weight is 289 g/mol. The van der Waals surface area contributed by atoms with Gasteiger partial charge in [0.05, 0.1) is 20.1 Å². The first-order valence-electron chi connectivity index (χ1n) is 5.25. The van der Waals surface area contributed by atoms with Crippen molar-refractivity contribution in [3.8, 4) is 0 Å². The lowest BCUT2D eigenvalue weighted by molar-refractivity contribution is -0.138. The van der Waals surface area contributed by atoms with Crippen molar-refractivity contribution in [2.45, 2.75) is 24.7 Å². The Balaban J connectivity index is 2.48. The molecule has 1 aromatic heterocycles. The number of nitrogens with zero attached hydrogens (tertiary/aromatic N) is 1. The number of aromatic amines is 2. The molecule has 0 fully saturated rings. The van der Waals surface area contributed by atoms with Crippen LogP contribution in [0.1, 0.15) is 0 Å². The fourth-order valence-corrected chi connectivity index (χ4v) is 2.12. The van der Waals surface area contributed by atoms with Crippen molar-refractivity contribution in [1.29, 1.82) is 0 Å². The number of thioether (sulfide) groups is 1. The number of hydrogen-bond acceptors (Lipinski definition) is 6. The number of nitrogens with one attached hydrogen (secondary N) is 2. The third-order valence-electron chi connectivity index (χ3n) is 1.67. The third kappa shape index (κ3) is 5.32. The van der Waals surface area contributed by atoms with Crippen molar-refractivity contribution < 1.29 is 9.53 Å². The number of carbonyl (C=O) groups excluding carboxylic acids is 1. The zero-order chi connectivity index (χ0) is 13.8. The van der Waals surface area contributed by atoms with Crippen LogP contribution in [0.4, 0.5) is 0 Å². The monoisotopic (exact) mass is 289 g/mol. The molecule has 0 aliphatic carbocycles. The molecular weight excluding hydrogens is 274 g/mol. The second kappa shape index (κ2) is 6.00. The Morgan fingerprint density at radius 3 is 2.61 bits per heavy atom. The van der Waals surface area contributed by atoms with E-state index in [9.17, 15) is 14.4 Å². The number of hydrogen-bond donors (Lipinski definition) is 2. The molecule has 0 atom stereocenters. The summed E-state index contributed by atoms with van der Waals surface area (Å²) in [5.74, 6) is -0.401. The van der Waals surface area contributed by atoms with E-state index in [0.29, 0.717) is 6.23 Å². The Morgan fingerprint density at radius 2 is 2.06 bits per heavy atom. The smallest absolute Gasteiger partial charge is 0.342 e. The number of carbonyl (C=O) groups is 1. The maximum Gasteiger partial charge on any atom is 0.342 e. The molecule has 1 rings (SSSR count). The highest BCUT2D eigenvalue weighted by Gasteiger charge is 2.16. The fourth-order valence-electron chi connectivity index (χ4n) is 0.901. The van der Waals surface area contributed by atoms with Crippen molar-refractivity contribution in [2.75, 3.05) is 12.0 Å². The van der Waals surface area contributed by atoms with Gasteiger partial charge in [0.2, 0.25) is 0 Å². The largest absolute Gasteiger partial charge is 0.469 e. The molecule has 0 aliphatic rings. The summed E-state index contributed by atoms with van der Waals surface area (Å²) in [6.45, 7) is 6.25. The Labute approximate surface area is 108 Å². The van der Waals surface area contributed by atoms with E-state index in [1.807, 2.05) is 4.98 Å². The van der Waals surface area contributed by atoms with Gasteiger partial charge in [-0.05, 0) is 0 Å². The maximum atomic E-state index is 11.4. The van der Waals surface area contributed by atoms with Crippen molar-refractivity contribution in [2.24, 2.45) is 0 Å². The molecule has 7 nitrogen and oxygen atoms in total. The van der Waals surface area contributed by atoms with E-state index in [2.05, 4.69) is 29.8 Å². The van der Waals surface area contributed by atoms with E-state index < -0.39 is 25.3 Å². The van der Waals surface area contributed by atoms with Crippen LogP contribution in [0.5, 0.6) is 0 Å². The number of ether oxygens (including phenoxy) is 1. The SMILES string of the molecule is C[Si](C)(C)COC(=O)CSc1n[nH]c(=O)[nH]c1=O. The molecule has 1 heterocycles. The van der Waals surface area contributed by atoms with Gasteiger partial charge in [0, 0.05) is 0 Å². The van der Waals surface area contributed by atoms with Gasteiger partial charge in [0.1, 0.15) is 0 Å². The Hall–Kier alpha value is -1.35. The molecular formula is C9H15N3O4SSi. The predicted octanol–water partition coefficient (Wildman–Crippen LogP) is -0.0291. The van der Waals surface area contributed by atoms with Gasteiger partial charge in [0.15, 0.2) is 5.03 Å². The number of H-pyrrole nitrogens is 2. The van der Waals surface area contributed by atoms with Crippen LogP contribution in [0, 0.1) is 0 Å². The summed E-state index contributed by atoms with van der Waals surface area (Å²) in [5, 5.41) is 5.68. The quantitative estimate of drug-likeness (QED) is 0.448. The predicted molar refractivity (Wildman–Crippen MR) is 70.5 cm³/mol. The van der Waals surface area contributed by atoms with Gasteiger partial charge in [-0.2, -0.15) is 5.10 Å². The summed E-state index contributed by atoms with van der Waals surface area (Å²) < 4.78 is 5.08. The number of aromatic nitrogens is 3. The molecule has 9 heteroatoms. The zero-order valence-electron chi connectivity index (χ0n) is 10.4. The fraction of sp³-hybridized carbons (Fsp3) is 0.556. The van der Waals surface area contributed by atoms with Crippen LogP contribution in [0.3, 0.4) is 0 Å². The van der Waals surface area contributed by atoms with E-state index in [-0.39, 0.29) is 10.8 Å². The van der Waals surface area contributed by atoms with Crippen LogP contribution in [-0.4, -0.2) is 41.2 Å². The number of rotatable bonds is 5. The molecule has 2 N–H and O–H groups in total. The Bertz CT molecular complexity index is 534. The first-order valence-corrected chi connectivity index (χ1v) is 9.94. The van der Waals surface area contributed by atoms with Crippen LogP contribution in [0.15, 0.2) is 14.6 Å². The first-order chi connectivity index (χ1) is 8.28. The van der Waals surface area contributed by atoms with Gasteiger partial charge in [-0.1, -0.05) is 31.4 Å². The topological polar surface area (TPSA) is 105 Å². The molecule has 0 unspecified atom stereocenters. The van der Waals surface area contributed by atoms with Gasteiger partial charge in [-0.15, -0.1) is 0 Å². The normalized spacial score (nSPS) is 11.3. The van der Waals surface area contributed by atoms with Crippen LogP contribution in [-0.2, 0) is 9.53 Å². The van der Waals surface area contributed by atoms with Crippen molar-refractivity contribution in [1.82, 2.24) is 15.2 Å². The molecule has 0 saturated carbocycles. The van der Waals surface area contributed by atoms with Gasteiger partial charge in [0.25, 0.3) is 5.56 Å².